The van der Waals surface area contributed by atoms with E-state index >= 15 is 0 Å². The number of methoxy groups -OCH3 is 1. The first-order valence-electron chi connectivity index (χ1n) is 8.57. The molecule has 0 aliphatic heterocycles. The first-order chi connectivity index (χ1) is 11.7. The molecule has 1 unspecified atom stereocenters. The van der Waals surface area contributed by atoms with Gasteiger partial charge in [-0.3, -0.25) is 4.79 Å². The van der Waals surface area contributed by atoms with Gasteiger partial charge in [-0.15, -0.1) is 0 Å². The molecule has 0 saturated heterocycles. The van der Waals surface area contributed by atoms with E-state index in [0.29, 0.717) is 22.3 Å². The van der Waals surface area contributed by atoms with Crippen LogP contribution in [0.1, 0.15) is 45.1 Å². The van der Waals surface area contributed by atoms with E-state index in [0.717, 1.165) is 25.7 Å². The standard InChI is InChI=1S/C18H26ClNO4S/c1-12-4-7-16(8-5-12)20-18(21)13(2)25(22,23)11-14-10-15(19)6-9-17(14)24-3/h6,9-10,12-13,16H,4-5,7-8,11H2,1-3H3,(H,20,21). The second-order valence-corrected chi connectivity index (χ2v) is 9.63. The van der Waals surface area contributed by atoms with Gasteiger partial charge in [-0.1, -0.05) is 18.5 Å². The van der Waals surface area contributed by atoms with Crippen LogP contribution < -0.4 is 10.1 Å². The third kappa shape index (κ3) is 5.35. The summed E-state index contributed by atoms with van der Waals surface area (Å²) >= 11 is 5.96. The maximum Gasteiger partial charge on any atom is 0.238 e. The smallest absolute Gasteiger partial charge is 0.238 e. The number of rotatable bonds is 6. The van der Waals surface area contributed by atoms with E-state index in [1.165, 1.54) is 14.0 Å². The van der Waals surface area contributed by atoms with Crippen molar-refractivity contribution in [3.05, 3.63) is 28.8 Å². The average molecular weight is 388 g/mol. The van der Waals surface area contributed by atoms with E-state index < -0.39 is 21.0 Å². The summed E-state index contributed by atoms with van der Waals surface area (Å²) in [6.45, 7) is 3.64. The summed E-state index contributed by atoms with van der Waals surface area (Å²) in [4.78, 5) is 12.4. The van der Waals surface area contributed by atoms with Crippen molar-refractivity contribution in [2.45, 2.75) is 56.6 Å². The van der Waals surface area contributed by atoms with Gasteiger partial charge in [0.1, 0.15) is 11.0 Å². The zero-order chi connectivity index (χ0) is 18.6. The van der Waals surface area contributed by atoms with E-state index in [-0.39, 0.29) is 11.8 Å². The SMILES string of the molecule is COc1ccc(Cl)cc1CS(=O)(=O)C(C)C(=O)NC1CCC(C)CC1. The Morgan fingerprint density at radius 3 is 2.56 bits per heavy atom. The second-order valence-electron chi connectivity index (χ2n) is 6.87. The lowest BCUT2D eigenvalue weighted by Gasteiger charge is -2.28. The van der Waals surface area contributed by atoms with Crippen LogP contribution >= 0.6 is 11.6 Å². The van der Waals surface area contributed by atoms with E-state index in [1.807, 2.05) is 0 Å². The Balaban J connectivity index is 2.05. The molecule has 1 N–H and O–H groups in total. The minimum Gasteiger partial charge on any atom is -0.496 e. The van der Waals surface area contributed by atoms with Crippen LogP contribution in [-0.2, 0) is 20.4 Å². The lowest BCUT2D eigenvalue weighted by molar-refractivity contribution is -0.121. The molecular formula is C18H26ClNO4S. The highest BCUT2D eigenvalue weighted by atomic mass is 35.5. The minimum absolute atomic E-state index is 0.0713. The van der Waals surface area contributed by atoms with Gasteiger partial charge in [-0.25, -0.2) is 8.42 Å². The Kier molecular flexibility index (Phi) is 6.74. The summed E-state index contributed by atoms with van der Waals surface area (Å²) in [6, 6.07) is 4.89. The number of halogens is 1. The van der Waals surface area contributed by atoms with Crippen LogP contribution in [0.3, 0.4) is 0 Å². The van der Waals surface area contributed by atoms with Crippen LogP contribution in [0.25, 0.3) is 0 Å². The number of hydrogen-bond donors (Lipinski definition) is 1. The molecule has 2 rings (SSSR count). The average Bonchev–Trinajstić information content (AvgIpc) is 2.56. The van der Waals surface area contributed by atoms with Crippen molar-refractivity contribution in [1.29, 1.82) is 0 Å². The largest absolute Gasteiger partial charge is 0.496 e. The molecule has 0 bridgehead atoms. The highest BCUT2D eigenvalue weighted by Gasteiger charge is 2.31. The molecule has 1 saturated carbocycles. The van der Waals surface area contributed by atoms with Crippen molar-refractivity contribution in [3.8, 4) is 5.75 Å². The first kappa shape index (κ1) is 20.0. The number of hydrogen-bond acceptors (Lipinski definition) is 4. The third-order valence-electron chi connectivity index (χ3n) is 4.87. The predicted octanol–water partition coefficient (Wildman–Crippen LogP) is 3.35. The maximum absolute atomic E-state index is 12.7. The molecule has 0 radical (unpaired) electrons. The Morgan fingerprint density at radius 1 is 1.32 bits per heavy atom. The van der Waals surface area contributed by atoms with E-state index in [4.69, 9.17) is 16.3 Å². The molecule has 5 nitrogen and oxygen atoms in total. The Labute approximate surface area is 155 Å². The molecule has 0 aromatic heterocycles. The molecule has 1 fully saturated rings. The van der Waals surface area contributed by atoms with Crippen LogP contribution in [0.5, 0.6) is 5.75 Å². The molecule has 140 valence electrons. The van der Waals surface area contributed by atoms with Gasteiger partial charge in [0.05, 0.1) is 12.9 Å². The van der Waals surface area contributed by atoms with Crippen molar-refractivity contribution in [2.75, 3.05) is 7.11 Å². The molecule has 1 aliphatic rings. The van der Waals surface area contributed by atoms with Crippen LogP contribution in [0, 0.1) is 5.92 Å². The van der Waals surface area contributed by atoms with Crippen molar-refractivity contribution < 1.29 is 17.9 Å². The molecular weight excluding hydrogens is 362 g/mol. The van der Waals surface area contributed by atoms with Crippen molar-refractivity contribution in [1.82, 2.24) is 5.32 Å². The number of benzene rings is 1. The summed E-state index contributed by atoms with van der Waals surface area (Å²) in [6.07, 6.45) is 3.93. The van der Waals surface area contributed by atoms with E-state index in [1.54, 1.807) is 18.2 Å². The number of amides is 1. The maximum atomic E-state index is 12.7. The van der Waals surface area contributed by atoms with Crippen LogP contribution in [-0.4, -0.2) is 32.7 Å². The normalized spacial score (nSPS) is 22.2. The third-order valence-corrected chi connectivity index (χ3v) is 7.11. The summed E-state index contributed by atoms with van der Waals surface area (Å²) in [5.74, 6) is 0.402. The zero-order valence-corrected chi connectivity index (χ0v) is 16.5. The molecule has 0 spiro atoms. The van der Waals surface area contributed by atoms with Gasteiger partial charge in [0.15, 0.2) is 9.84 Å². The lowest BCUT2D eigenvalue weighted by atomic mass is 9.87. The minimum atomic E-state index is -3.67. The molecule has 1 aromatic rings. The Bertz CT molecular complexity index is 712. The van der Waals surface area contributed by atoms with E-state index in [2.05, 4.69) is 12.2 Å². The summed E-state index contributed by atoms with van der Waals surface area (Å²) in [5.41, 5.74) is 0.459. The van der Waals surface area contributed by atoms with Gasteiger partial charge in [0.25, 0.3) is 0 Å². The lowest BCUT2D eigenvalue weighted by Crippen LogP contribution is -2.44. The number of sulfone groups is 1. The van der Waals surface area contributed by atoms with Gasteiger partial charge in [-0.2, -0.15) is 0 Å². The van der Waals surface area contributed by atoms with Gasteiger partial charge in [-0.05, 0) is 56.7 Å². The topological polar surface area (TPSA) is 72.5 Å². The fraction of sp³-hybridized carbons (Fsp3) is 0.611. The molecule has 1 atom stereocenters. The number of carbonyl (C=O) groups excluding carboxylic acids is 1. The monoisotopic (exact) mass is 387 g/mol. The highest BCUT2D eigenvalue weighted by Crippen LogP contribution is 2.26. The molecule has 25 heavy (non-hydrogen) atoms. The van der Waals surface area contributed by atoms with Gasteiger partial charge in [0, 0.05) is 16.6 Å². The fourth-order valence-electron chi connectivity index (χ4n) is 3.09. The van der Waals surface area contributed by atoms with Crippen LogP contribution in [0.4, 0.5) is 0 Å². The number of nitrogens with one attached hydrogen (secondary N) is 1. The molecule has 0 heterocycles. The van der Waals surface area contributed by atoms with Gasteiger partial charge in [0.2, 0.25) is 5.91 Å². The van der Waals surface area contributed by atoms with Crippen molar-refractivity contribution >= 4 is 27.3 Å². The molecule has 1 aromatic carbocycles. The predicted molar refractivity (Wildman–Crippen MR) is 99.7 cm³/mol. The fourth-order valence-corrected chi connectivity index (χ4v) is 4.59. The van der Waals surface area contributed by atoms with Gasteiger partial charge < -0.3 is 10.1 Å². The zero-order valence-electron chi connectivity index (χ0n) is 14.9. The molecule has 1 aliphatic carbocycles. The second kappa shape index (κ2) is 8.41. The Hall–Kier alpha value is -1.27. The van der Waals surface area contributed by atoms with Crippen molar-refractivity contribution in [2.24, 2.45) is 5.92 Å². The summed E-state index contributed by atoms with van der Waals surface area (Å²) < 4.78 is 30.5. The summed E-state index contributed by atoms with van der Waals surface area (Å²) in [5, 5.41) is 2.21. The highest BCUT2D eigenvalue weighted by molar-refractivity contribution is 7.92. The first-order valence-corrected chi connectivity index (χ1v) is 10.7. The number of ether oxygens (including phenoxy) is 1. The molecule has 1 amide bonds. The Morgan fingerprint density at radius 2 is 1.96 bits per heavy atom. The quantitative estimate of drug-likeness (QED) is 0.812. The van der Waals surface area contributed by atoms with E-state index in [9.17, 15) is 13.2 Å². The van der Waals surface area contributed by atoms with Crippen LogP contribution in [0.15, 0.2) is 18.2 Å². The molecule has 7 heteroatoms. The summed E-state index contributed by atoms with van der Waals surface area (Å²) in [7, 11) is -2.20. The van der Waals surface area contributed by atoms with Gasteiger partial charge >= 0.3 is 0 Å². The number of carbonyl (C=O) groups is 1. The van der Waals surface area contributed by atoms with Crippen molar-refractivity contribution in [3.63, 3.8) is 0 Å². The van der Waals surface area contributed by atoms with Crippen LogP contribution in [0.2, 0.25) is 5.02 Å².